The highest BCUT2D eigenvalue weighted by molar-refractivity contribution is 5.94. The second-order valence-electron chi connectivity index (χ2n) is 8.23. The summed E-state index contributed by atoms with van der Waals surface area (Å²) in [7, 11) is 0. The Kier molecular flexibility index (Phi) is 6.06. The molecular formula is C24H28N2O3. The van der Waals surface area contributed by atoms with Gasteiger partial charge in [0.15, 0.2) is 5.69 Å². The quantitative estimate of drug-likeness (QED) is 0.614. The van der Waals surface area contributed by atoms with Crippen LogP contribution in [0, 0.1) is 6.92 Å². The maximum atomic E-state index is 12.8. The highest BCUT2D eigenvalue weighted by Gasteiger charge is 2.22. The van der Waals surface area contributed by atoms with E-state index >= 15 is 0 Å². The van der Waals surface area contributed by atoms with Gasteiger partial charge in [-0.3, -0.25) is 4.79 Å². The molecule has 5 heteroatoms. The van der Waals surface area contributed by atoms with Gasteiger partial charge in [-0.15, -0.1) is 0 Å². The van der Waals surface area contributed by atoms with Crippen LogP contribution in [-0.4, -0.2) is 11.1 Å². The van der Waals surface area contributed by atoms with Gasteiger partial charge in [-0.05, 0) is 42.5 Å². The van der Waals surface area contributed by atoms with Gasteiger partial charge in [-0.2, -0.15) is 0 Å². The topological polar surface area (TPSA) is 64.4 Å². The Labute approximate surface area is 172 Å². The third-order valence-electron chi connectivity index (χ3n) is 4.95. The number of carbonyl (C=O) groups excluding carboxylic acids is 1. The second-order valence-corrected chi connectivity index (χ2v) is 8.23. The van der Waals surface area contributed by atoms with Crippen molar-refractivity contribution < 1.29 is 14.1 Å². The van der Waals surface area contributed by atoms with Gasteiger partial charge < -0.3 is 14.6 Å². The zero-order valence-electron chi connectivity index (χ0n) is 17.7. The third kappa shape index (κ3) is 5.05. The van der Waals surface area contributed by atoms with Gasteiger partial charge in [0.25, 0.3) is 5.91 Å². The largest absolute Gasteiger partial charge is 0.489 e. The molecule has 152 valence electrons. The Morgan fingerprint density at radius 3 is 2.38 bits per heavy atom. The predicted molar refractivity (Wildman–Crippen MR) is 113 cm³/mol. The summed E-state index contributed by atoms with van der Waals surface area (Å²) in [6.07, 6.45) is 0. The Morgan fingerprint density at radius 2 is 1.76 bits per heavy atom. The molecule has 0 radical (unpaired) electrons. The van der Waals surface area contributed by atoms with Gasteiger partial charge in [-0.25, -0.2) is 0 Å². The fraction of sp³-hybridized carbons (Fsp3) is 0.333. The van der Waals surface area contributed by atoms with Crippen LogP contribution in [0.15, 0.2) is 59.1 Å². The van der Waals surface area contributed by atoms with Gasteiger partial charge in [0.2, 0.25) is 0 Å². The van der Waals surface area contributed by atoms with Crippen LogP contribution in [0.25, 0.3) is 0 Å². The first kappa shape index (κ1) is 20.6. The number of aryl methyl sites for hydroxylation is 1. The van der Waals surface area contributed by atoms with E-state index in [0.29, 0.717) is 11.3 Å². The molecule has 0 aliphatic rings. The molecule has 0 fully saturated rings. The van der Waals surface area contributed by atoms with Crippen molar-refractivity contribution in [3.63, 3.8) is 0 Å². The normalized spacial score (nSPS) is 12.4. The summed E-state index contributed by atoms with van der Waals surface area (Å²) in [4.78, 5) is 12.8. The van der Waals surface area contributed by atoms with Gasteiger partial charge in [0.1, 0.15) is 18.1 Å². The lowest BCUT2D eigenvalue weighted by Crippen LogP contribution is -2.28. The SMILES string of the molecule is Cc1onc(C(=O)NC(C)c2ccc(C(C)(C)C)cc2)c1COc1ccccc1. The Hall–Kier alpha value is -3.08. The standard InChI is InChI=1S/C24H28N2O3/c1-16(18-11-13-19(14-12-18)24(3,4)5)25-23(27)22-21(17(2)29-26-22)15-28-20-9-7-6-8-10-20/h6-14,16H,15H2,1-5H3,(H,25,27). The monoisotopic (exact) mass is 392 g/mol. The number of rotatable bonds is 6. The molecule has 3 aromatic rings. The molecule has 2 aromatic carbocycles. The van der Waals surface area contributed by atoms with Crippen molar-refractivity contribution in [3.05, 3.63) is 82.7 Å². The van der Waals surface area contributed by atoms with Crippen LogP contribution in [0.2, 0.25) is 0 Å². The summed E-state index contributed by atoms with van der Waals surface area (Å²) in [6.45, 7) is 10.5. The molecular weight excluding hydrogens is 364 g/mol. The molecule has 0 bridgehead atoms. The first-order valence-electron chi connectivity index (χ1n) is 9.80. The average molecular weight is 392 g/mol. The molecule has 1 amide bonds. The Balaban J connectivity index is 1.69. The van der Waals surface area contributed by atoms with E-state index in [1.165, 1.54) is 5.56 Å². The lowest BCUT2D eigenvalue weighted by molar-refractivity contribution is 0.0928. The van der Waals surface area contributed by atoms with Crippen molar-refractivity contribution in [1.29, 1.82) is 0 Å². The number of benzene rings is 2. The summed E-state index contributed by atoms with van der Waals surface area (Å²) < 4.78 is 11.0. The smallest absolute Gasteiger partial charge is 0.274 e. The molecule has 0 saturated carbocycles. The highest BCUT2D eigenvalue weighted by atomic mass is 16.5. The number of aromatic nitrogens is 1. The molecule has 29 heavy (non-hydrogen) atoms. The fourth-order valence-corrected chi connectivity index (χ4v) is 3.03. The lowest BCUT2D eigenvalue weighted by atomic mass is 9.86. The molecule has 1 atom stereocenters. The number of para-hydroxylation sites is 1. The van der Waals surface area contributed by atoms with Crippen molar-refractivity contribution in [1.82, 2.24) is 10.5 Å². The van der Waals surface area contributed by atoms with E-state index in [2.05, 4.69) is 55.5 Å². The maximum Gasteiger partial charge on any atom is 0.274 e. The number of amides is 1. The second kappa shape index (κ2) is 8.52. The zero-order chi connectivity index (χ0) is 21.0. The minimum absolute atomic E-state index is 0.0942. The molecule has 5 nitrogen and oxygen atoms in total. The van der Waals surface area contributed by atoms with Gasteiger partial charge >= 0.3 is 0 Å². The lowest BCUT2D eigenvalue weighted by Gasteiger charge is -2.20. The first-order valence-corrected chi connectivity index (χ1v) is 9.80. The van der Waals surface area contributed by atoms with Crippen LogP contribution in [0.3, 0.4) is 0 Å². The van der Waals surface area contributed by atoms with E-state index in [0.717, 1.165) is 11.3 Å². The molecule has 1 N–H and O–H groups in total. The summed E-state index contributed by atoms with van der Waals surface area (Å²) in [5, 5.41) is 6.96. The van der Waals surface area contributed by atoms with Crippen LogP contribution in [0.1, 0.15) is 66.7 Å². The summed E-state index contributed by atoms with van der Waals surface area (Å²) in [5.74, 6) is 1.03. The fourth-order valence-electron chi connectivity index (χ4n) is 3.03. The number of nitrogens with zero attached hydrogens (tertiary/aromatic N) is 1. The van der Waals surface area contributed by atoms with Crippen LogP contribution < -0.4 is 10.1 Å². The molecule has 3 rings (SSSR count). The molecule has 1 aromatic heterocycles. The number of carbonyl (C=O) groups is 1. The zero-order valence-corrected chi connectivity index (χ0v) is 17.7. The van der Waals surface area contributed by atoms with Gasteiger partial charge in [0.05, 0.1) is 11.6 Å². The number of hydrogen-bond acceptors (Lipinski definition) is 4. The minimum Gasteiger partial charge on any atom is -0.489 e. The van der Waals surface area contributed by atoms with E-state index in [1.807, 2.05) is 37.3 Å². The molecule has 1 unspecified atom stereocenters. The van der Waals surface area contributed by atoms with Crippen LogP contribution in [-0.2, 0) is 12.0 Å². The number of hydrogen-bond donors (Lipinski definition) is 1. The molecule has 1 heterocycles. The van der Waals surface area contributed by atoms with Gasteiger partial charge in [0, 0.05) is 0 Å². The van der Waals surface area contributed by atoms with Crippen molar-refractivity contribution >= 4 is 5.91 Å². The highest BCUT2D eigenvalue weighted by Crippen LogP contribution is 2.24. The Bertz CT molecular complexity index is 954. The maximum absolute atomic E-state index is 12.8. The van der Waals surface area contributed by atoms with Crippen molar-refractivity contribution in [2.75, 3.05) is 0 Å². The first-order chi connectivity index (χ1) is 13.8. The van der Waals surface area contributed by atoms with Crippen LogP contribution in [0.5, 0.6) is 5.75 Å². The van der Waals surface area contributed by atoms with E-state index in [4.69, 9.17) is 9.26 Å². The Morgan fingerprint density at radius 1 is 1.10 bits per heavy atom. The van der Waals surface area contributed by atoms with E-state index in [1.54, 1.807) is 6.92 Å². The molecule has 0 aliphatic heterocycles. The number of ether oxygens (including phenoxy) is 1. The summed E-state index contributed by atoms with van der Waals surface area (Å²) in [6, 6.07) is 17.6. The van der Waals surface area contributed by atoms with Crippen molar-refractivity contribution in [2.24, 2.45) is 0 Å². The molecule has 0 aliphatic carbocycles. The molecule has 0 saturated heterocycles. The molecule has 0 spiro atoms. The summed E-state index contributed by atoms with van der Waals surface area (Å²) >= 11 is 0. The van der Waals surface area contributed by atoms with E-state index in [-0.39, 0.29) is 29.7 Å². The average Bonchev–Trinajstić information content (AvgIpc) is 3.07. The van der Waals surface area contributed by atoms with E-state index < -0.39 is 0 Å². The third-order valence-corrected chi connectivity index (χ3v) is 4.95. The van der Waals surface area contributed by atoms with Crippen molar-refractivity contribution in [2.45, 2.75) is 52.7 Å². The summed E-state index contributed by atoms with van der Waals surface area (Å²) in [5.41, 5.74) is 3.30. The van der Waals surface area contributed by atoms with Crippen molar-refractivity contribution in [3.8, 4) is 5.75 Å². The van der Waals surface area contributed by atoms with Gasteiger partial charge in [-0.1, -0.05) is 68.4 Å². The number of nitrogens with one attached hydrogen (secondary N) is 1. The van der Waals surface area contributed by atoms with Crippen LogP contribution >= 0.6 is 0 Å². The van der Waals surface area contributed by atoms with E-state index in [9.17, 15) is 4.79 Å². The van der Waals surface area contributed by atoms with Crippen LogP contribution in [0.4, 0.5) is 0 Å². The predicted octanol–water partition coefficient (Wildman–Crippen LogP) is 5.35. The minimum atomic E-state index is -0.277.